The molecule has 0 aromatic carbocycles. The van der Waals surface area contributed by atoms with Crippen LogP contribution in [0, 0.1) is 0 Å². The molecule has 0 spiro atoms. The maximum Gasteiger partial charge on any atom is 0.364 e. The second kappa shape index (κ2) is 37.1. The van der Waals surface area contributed by atoms with Crippen molar-refractivity contribution in [3.05, 3.63) is 0 Å². The normalized spacial score (nSPS) is 43.6. The van der Waals surface area contributed by atoms with E-state index >= 15 is 0 Å². The molecule has 0 aromatic rings. The van der Waals surface area contributed by atoms with Gasteiger partial charge in [0.25, 0.3) is 11.6 Å². The van der Waals surface area contributed by atoms with Crippen LogP contribution in [0.5, 0.6) is 0 Å². The molecule has 27 N–H and O–H groups in total. The van der Waals surface area contributed by atoms with Crippen molar-refractivity contribution < 1.29 is 207 Å². The van der Waals surface area contributed by atoms with Crippen molar-refractivity contribution in [2.45, 2.75) is 273 Å². The van der Waals surface area contributed by atoms with E-state index < -0.39 is 326 Å². The predicted octanol–water partition coefficient (Wildman–Crippen LogP) is -17.1. The minimum Gasteiger partial charge on any atom is -0.477 e. The number of aliphatic hydroxyl groups is 20. The van der Waals surface area contributed by atoms with Gasteiger partial charge in [-0.1, -0.05) is 0 Å². The summed E-state index contributed by atoms with van der Waals surface area (Å²) in [5.41, 5.74) is 0. The van der Waals surface area contributed by atoms with Gasteiger partial charge in [0.15, 0.2) is 31.5 Å². The number of ether oxygens (including phenoxy) is 13. The van der Waals surface area contributed by atoms with E-state index in [1.54, 1.807) is 0 Å². The van der Waals surface area contributed by atoms with Gasteiger partial charge in [-0.25, -0.2) is 9.59 Å². The summed E-state index contributed by atoms with van der Waals surface area (Å²) >= 11 is 0. The molecule has 604 valence electrons. The van der Waals surface area contributed by atoms with Crippen molar-refractivity contribution in [3.8, 4) is 0 Å². The van der Waals surface area contributed by atoms with E-state index in [1.165, 1.54) is 0 Å². The van der Waals surface area contributed by atoms with Crippen molar-refractivity contribution in [2.75, 3.05) is 46.2 Å². The molecule has 0 bridgehead atoms. The summed E-state index contributed by atoms with van der Waals surface area (Å²) in [6.07, 6.45) is -65.7. The number of aliphatic hydroxyl groups excluding tert-OH is 20. The fourth-order valence-electron chi connectivity index (χ4n) is 13.2. The Morgan fingerprint density at radius 3 is 1.28 bits per heavy atom. The van der Waals surface area contributed by atoms with Gasteiger partial charge in [-0.05, 0) is 0 Å². The molecular formula is C58H95N5O42. The maximum absolute atomic E-state index is 13.1. The number of aliphatic carboxylic acids is 2. The zero-order valence-electron chi connectivity index (χ0n) is 56.6. The van der Waals surface area contributed by atoms with Gasteiger partial charge in [-0.2, -0.15) is 0 Å². The molecule has 47 heteroatoms. The second-order valence-electron chi connectivity index (χ2n) is 26.2. The lowest BCUT2D eigenvalue weighted by atomic mass is 9.88. The largest absolute Gasteiger partial charge is 0.477 e. The summed E-state index contributed by atoms with van der Waals surface area (Å²) in [5.74, 6) is -14.8. The Hall–Kier alpha value is -5.03. The summed E-state index contributed by atoms with van der Waals surface area (Å²) in [7, 11) is 0. The smallest absolute Gasteiger partial charge is 0.364 e. The van der Waals surface area contributed by atoms with E-state index in [-0.39, 0.29) is 0 Å². The molecule has 0 aromatic heterocycles. The van der Waals surface area contributed by atoms with Gasteiger partial charge in [0.2, 0.25) is 29.5 Å². The highest BCUT2D eigenvalue weighted by molar-refractivity contribution is 5.78. The lowest BCUT2D eigenvalue weighted by Crippen LogP contribution is -2.71. The number of hydrogen-bond donors (Lipinski definition) is 27. The molecule has 47 nitrogen and oxygen atoms in total. The highest BCUT2D eigenvalue weighted by atomic mass is 16.8. The Kier molecular flexibility index (Phi) is 30.8. The number of nitrogens with one attached hydrogen (secondary N) is 5. The molecule has 7 aliphatic rings. The Bertz CT molecular complexity index is 2900. The van der Waals surface area contributed by atoms with Crippen LogP contribution in [0.4, 0.5) is 0 Å². The third-order valence-electron chi connectivity index (χ3n) is 18.5. The Labute approximate surface area is 593 Å². The number of carboxylic acid groups (broad SMARTS) is 2. The lowest BCUT2D eigenvalue weighted by molar-refractivity contribution is -0.383. The molecule has 0 radical (unpaired) electrons. The standard InChI is InChI=1S/C58H95N5O42/c1-15(69)59-29-20(74)6-57(55(89)90,103-47(29)34(78)22(76)8-64)94-14-28-36(80)39(83)31(61-17(3)71)52(99-28)100-45-26(12-68)98-53(42(86)41(45)85)102-46-33(63-19(5)73)50(88)95-27(38(46)82)13-93-51-32(62-18(4)72)40(84)44(25(11-67)97-51)101-54-43(87)49(37(81)24(10-66)96-54)105-58(56(91)92)7-21(75)30(60-16(2)70)48(104-58)35(79)23(77)9-65/h20-54,64-68,74-88H,6-14H2,1-5H3,(H,59,69)(H,60,70)(H,61,71)(H,62,72)(H,63,73)(H,89,90)(H,91,92)/t20-,21-,22+,23+,24+,25+,26+,27+,28+,29+,30+,31+,32+,33+,34+,35+,36+,37-,38-,39+,40+,41+,42+,43+,44+,45-,46+,47+,48+,49-,50-,51+,52-,53-,54-,57+,58-/m0/s1. The van der Waals surface area contributed by atoms with Crippen molar-refractivity contribution in [1.82, 2.24) is 26.6 Å². The van der Waals surface area contributed by atoms with E-state index in [0.29, 0.717) is 0 Å². The Morgan fingerprint density at radius 1 is 0.400 bits per heavy atom. The van der Waals surface area contributed by atoms with Crippen LogP contribution in [0.3, 0.4) is 0 Å². The maximum atomic E-state index is 13.1. The van der Waals surface area contributed by atoms with Gasteiger partial charge in [0, 0.05) is 47.5 Å². The van der Waals surface area contributed by atoms with Crippen LogP contribution in [-0.4, -0.2) is 426 Å². The van der Waals surface area contributed by atoms with Gasteiger partial charge in [0.05, 0.1) is 70.5 Å². The van der Waals surface area contributed by atoms with Gasteiger partial charge in [-0.15, -0.1) is 0 Å². The number of rotatable bonds is 30. The zero-order chi connectivity index (χ0) is 78.3. The minimum absolute atomic E-state index is 0.817. The number of carbonyl (C=O) groups is 7. The van der Waals surface area contributed by atoms with Crippen molar-refractivity contribution >= 4 is 41.5 Å². The van der Waals surface area contributed by atoms with Crippen LogP contribution in [0.2, 0.25) is 0 Å². The van der Waals surface area contributed by atoms with Gasteiger partial charge in [0.1, 0.15) is 159 Å². The van der Waals surface area contributed by atoms with Crippen LogP contribution in [0.25, 0.3) is 0 Å². The fourth-order valence-corrected chi connectivity index (χ4v) is 13.2. The van der Waals surface area contributed by atoms with Crippen molar-refractivity contribution in [3.63, 3.8) is 0 Å². The van der Waals surface area contributed by atoms with Crippen LogP contribution < -0.4 is 26.6 Å². The van der Waals surface area contributed by atoms with Crippen molar-refractivity contribution in [2.24, 2.45) is 0 Å². The Morgan fingerprint density at radius 2 is 0.790 bits per heavy atom. The average Bonchev–Trinajstić information content (AvgIpc) is 0.761. The molecule has 0 saturated carbocycles. The zero-order valence-corrected chi connectivity index (χ0v) is 56.6. The summed E-state index contributed by atoms with van der Waals surface area (Å²) in [6, 6.07) is -8.86. The lowest BCUT2D eigenvalue weighted by Gasteiger charge is -2.51. The van der Waals surface area contributed by atoms with Gasteiger partial charge < -0.3 is 201 Å². The fraction of sp³-hybridized carbons (Fsp3) is 0.879. The molecular weight excluding hydrogens is 1440 g/mol. The quantitative estimate of drug-likeness (QED) is 0.0318. The SMILES string of the molecule is CC(=O)N[C@@H]1[C@@H](O[C@@H]2O[C@H](CO)[C@H](O[C@@H]3O[C@H](CO[C@]4(C(=O)O)C[C@H](O)[C@@H](NC(C)=O)[C@H]([C@H](O)[C@H](O)CO)O4)[C@@H](O)[C@H](O)[C@H]3NC(C)=O)[C@H](O)[C@H]2O)[C@@H](O)[C@@H](CO[C@@H]2O[C@H](CO)[C@@H](O[C@@H]3O[C@H](CO)[C@H](O)[C@H](O[C@]4(C(=O)O)C[C@H](O)[C@@H](NC(C)=O)[C@H]([C@H](O)[C@H](O)CO)O4)[C@H]3O)[C@H](O)[C@H]2NC(C)=O)O[C@@H]1O. The first-order valence-corrected chi connectivity index (χ1v) is 32.8. The summed E-state index contributed by atoms with van der Waals surface area (Å²) in [4.78, 5) is 88.1. The van der Waals surface area contributed by atoms with Crippen LogP contribution in [-0.2, 0) is 95.1 Å². The molecule has 5 amide bonds. The predicted molar refractivity (Wildman–Crippen MR) is 324 cm³/mol. The number of carbonyl (C=O) groups excluding carboxylic acids is 5. The van der Waals surface area contributed by atoms with Crippen molar-refractivity contribution in [1.29, 1.82) is 0 Å². The van der Waals surface area contributed by atoms with Crippen LogP contribution in [0.1, 0.15) is 47.5 Å². The van der Waals surface area contributed by atoms with Crippen LogP contribution in [0.15, 0.2) is 0 Å². The van der Waals surface area contributed by atoms with E-state index in [2.05, 4.69) is 26.6 Å². The van der Waals surface area contributed by atoms with E-state index in [4.69, 9.17) is 61.6 Å². The van der Waals surface area contributed by atoms with E-state index in [9.17, 15) is 146 Å². The minimum atomic E-state index is -3.23. The monoisotopic (exact) mass is 1530 g/mol. The molecule has 0 aliphatic carbocycles. The number of carboxylic acids is 2. The summed E-state index contributed by atoms with van der Waals surface area (Å²) < 4.78 is 75.1. The molecule has 0 unspecified atom stereocenters. The van der Waals surface area contributed by atoms with Crippen LogP contribution >= 0.6 is 0 Å². The first kappa shape index (κ1) is 87.2. The summed E-state index contributed by atoms with van der Waals surface area (Å²) in [5, 5.41) is 253. The van der Waals surface area contributed by atoms with Gasteiger partial charge >= 0.3 is 11.9 Å². The molecule has 105 heavy (non-hydrogen) atoms. The average molecular weight is 1530 g/mol. The molecule has 7 aliphatic heterocycles. The van der Waals surface area contributed by atoms with E-state index in [0.717, 1.165) is 34.6 Å². The highest BCUT2D eigenvalue weighted by Gasteiger charge is 2.63. The van der Waals surface area contributed by atoms with Gasteiger partial charge in [-0.3, -0.25) is 24.0 Å². The van der Waals surface area contributed by atoms with E-state index in [1.807, 2.05) is 0 Å². The third-order valence-corrected chi connectivity index (χ3v) is 18.5. The second-order valence-corrected chi connectivity index (χ2v) is 26.2. The third kappa shape index (κ3) is 19.8. The number of amides is 5. The molecule has 7 rings (SSSR count). The topological polar surface area (TPSA) is 745 Å². The molecule has 7 heterocycles. The summed E-state index contributed by atoms with van der Waals surface area (Å²) in [6.45, 7) is -3.12. The molecule has 7 saturated heterocycles. The number of hydrogen-bond acceptors (Lipinski definition) is 40. The Balaban J connectivity index is 1.07. The molecule has 37 atom stereocenters. The molecule has 7 fully saturated rings. The first-order chi connectivity index (χ1) is 49.2. The highest BCUT2D eigenvalue weighted by Crippen LogP contribution is 2.41. The first-order valence-electron chi connectivity index (χ1n) is 32.8.